The zero-order valence-corrected chi connectivity index (χ0v) is 10.5. The molecule has 4 heteroatoms. The Morgan fingerprint density at radius 2 is 1.94 bits per heavy atom. The Balaban J connectivity index is 2.07. The van der Waals surface area contributed by atoms with Gasteiger partial charge in [-0.3, -0.25) is 4.79 Å². The summed E-state index contributed by atoms with van der Waals surface area (Å²) >= 11 is 0. The monoisotopic (exact) mass is 250 g/mol. The molecule has 2 N–H and O–H groups in total. The highest BCUT2D eigenvalue weighted by Crippen LogP contribution is 2.17. The summed E-state index contributed by atoms with van der Waals surface area (Å²) in [6, 6.07) is 4.47. The summed E-state index contributed by atoms with van der Waals surface area (Å²) < 4.78 is 13.2. The molecule has 2 rings (SSSR count). The number of carbonyl (C=O) groups is 1. The average Bonchev–Trinajstić information content (AvgIpc) is 2.28. The maximum absolute atomic E-state index is 13.2. The Morgan fingerprint density at radius 1 is 1.17 bits per heavy atom. The van der Waals surface area contributed by atoms with Crippen molar-refractivity contribution in [3.05, 3.63) is 29.6 Å². The van der Waals surface area contributed by atoms with Crippen molar-refractivity contribution < 1.29 is 9.18 Å². The SMILES string of the molecule is Nc1cc(F)cc(CN2CCCCCCC2=O)c1. The molecule has 0 saturated carbocycles. The van der Waals surface area contributed by atoms with Crippen LogP contribution in [0, 0.1) is 5.82 Å². The van der Waals surface area contributed by atoms with E-state index in [1.807, 2.05) is 4.90 Å². The van der Waals surface area contributed by atoms with Gasteiger partial charge in [-0.2, -0.15) is 0 Å². The number of nitrogens with two attached hydrogens (primary N) is 1. The van der Waals surface area contributed by atoms with Gasteiger partial charge in [0.1, 0.15) is 5.82 Å². The predicted molar refractivity (Wildman–Crippen MR) is 69.3 cm³/mol. The van der Waals surface area contributed by atoms with Crippen molar-refractivity contribution in [2.24, 2.45) is 0 Å². The molecule has 0 atom stereocenters. The Hall–Kier alpha value is -1.58. The number of benzene rings is 1. The third-order valence-electron chi connectivity index (χ3n) is 3.27. The van der Waals surface area contributed by atoms with Crippen molar-refractivity contribution in [2.75, 3.05) is 12.3 Å². The minimum absolute atomic E-state index is 0.164. The quantitative estimate of drug-likeness (QED) is 0.820. The topological polar surface area (TPSA) is 46.3 Å². The summed E-state index contributed by atoms with van der Waals surface area (Å²) in [4.78, 5) is 13.8. The van der Waals surface area contributed by atoms with Crippen molar-refractivity contribution in [2.45, 2.75) is 38.6 Å². The van der Waals surface area contributed by atoms with Crippen molar-refractivity contribution in [3.8, 4) is 0 Å². The second-order valence-corrected chi connectivity index (χ2v) is 4.87. The van der Waals surface area contributed by atoms with Crippen LogP contribution in [-0.4, -0.2) is 17.4 Å². The molecule has 0 spiro atoms. The fourth-order valence-corrected chi connectivity index (χ4v) is 2.37. The molecule has 1 aliphatic rings. The first-order valence-electron chi connectivity index (χ1n) is 6.48. The zero-order valence-electron chi connectivity index (χ0n) is 10.5. The molecule has 3 nitrogen and oxygen atoms in total. The fraction of sp³-hybridized carbons (Fsp3) is 0.500. The van der Waals surface area contributed by atoms with Gasteiger partial charge in [0.2, 0.25) is 5.91 Å². The third kappa shape index (κ3) is 3.45. The number of nitrogen functional groups attached to an aromatic ring is 1. The van der Waals surface area contributed by atoms with E-state index in [2.05, 4.69) is 0 Å². The first-order chi connectivity index (χ1) is 8.65. The Bertz CT molecular complexity index is 414. The van der Waals surface area contributed by atoms with Crippen LogP contribution in [0.5, 0.6) is 0 Å². The average molecular weight is 250 g/mol. The van der Waals surface area contributed by atoms with Gasteiger partial charge in [0, 0.05) is 25.2 Å². The number of rotatable bonds is 2. The molecule has 18 heavy (non-hydrogen) atoms. The van der Waals surface area contributed by atoms with Crippen molar-refractivity contribution in [1.29, 1.82) is 0 Å². The van der Waals surface area contributed by atoms with E-state index in [1.54, 1.807) is 6.07 Å². The van der Waals surface area contributed by atoms with Crippen LogP contribution in [0.1, 0.15) is 37.7 Å². The van der Waals surface area contributed by atoms with Crippen LogP contribution in [0.3, 0.4) is 0 Å². The number of nitrogens with zero attached hydrogens (tertiary/aromatic N) is 1. The lowest BCUT2D eigenvalue weighted by molar-refractivity contribution is -0.132. The number of likely N-dealkylation sites (tertiary alicyclic amines) is 1. The van der Waals surface area contributed by atoms with Gasteiger partial charge in [-0.1, -0.05) is 12.8 Å². The Kier molecular flexibility index (Phi) is 4.18. The van der Waals surface area contributed by atoms with Crippen LogP contribution in [-0.2, 0) is 11.3 Å². The number of anilines is 1. The van der Waals surface area contributed by atoms with Gasteiger partial charge in [0.25, 0.3) is 0 Å². The summed E-state index contributed by atoms with van der Waals surface area (Å²) in [5.74, 6) is -0.179. The van der Waals surface area contributed by atoms with E-state index in [1.165, 1.54) is 12.1 Å². The number of carbonyl (C=O) groups excluding carboxylic acids is 1. The molecule has 1 aliphatic heterocycles. The molecule has 1 amide bonds. The minimum Gasteiger partial charge on any atom is -0.399 e. The number of amides is 1. The number of hydrogen-bond acceptors (Lipinski definition) is 2. The van der Waals surface area contributed by atoms with Crippen LogP contribution in [0.25, 0.3) is 0 Å². The van der Waals surface area contributed by atoms with Gasteiger partial charge < -0.3 is 10.6 Å². The minimum atomic E-state index is -0.343. The Morgan fingerprint density at radius 3 is 2.72 bits per heavy atom. The van der Waals surface area contributed by atoms with Gasteiger partial charge in [0.15, 0.2) is 0 Å². The van der Waals surface area contributed by atoms with E-state index >= 15 is 0 Å². The molecule has 0 unspecified atom stereocenters. The van der Waals surface area contributed by atoms with E-state index in [4.69, 9.17) is 5.73 Å². The number of hydrogen-bond donors (Lipinski definition) is 1. The van der Waals surface area contributed by atoms with Crippen LogP contribution in [0.15, 0.2) is 18.2 Å². The molecular weight excluding hydrogens is 231 g/mol. The highest BCUT2D eigenvalue weighted by Gasteiger charge is 2.16. The molecule has 1 fully saturated rings. The van der Waals surface area contributed by atoms with Gasteiger partial charge in [-0.25, -0.2) is 4.39 Å². The first kappa shape index (κ1) is 12.9. The standard InChI is InChI=1S/C14H19FN2O/c15-12-7-11(8-13(16)9-12)10-17-6-4-2-1-3-5-14(17)18/h7-9H,1-6,10,16H2. The van der Waals surface area contributed by atoms with Crippen molar-refractivity contribution in [3.63, 3.8) is 0 Å². The molecule has 0 bridgehead atoms. The van der Waals surface area contributed by atoms with Gasteiger partial charge in [0.05, 0.1) is 0 Å². The van der Waals surface area contributed by atoms with E-state index in [0.29, 0.717) is 18.7 Å². The zero-order chi connectivity index (χ0) is 13.0. The maximum atomic E-state index is 13.2. The molecular formula is C14H19FN2O. The highest BCUT2D eigenvalue weighted by atomic mass is 19.1. The third-order valence-corrected chi connectivity index (χ3v) is 3.27. The lowest BCUT2D eigenvalue weighted by Gasteiger charge is -2.25. The molecule has 0 radical (unpaired) electrons. The molecule has 0 aliphatic carbocycles. The molecule has 1 aromatic rings. The lowest BCUT2D eigenvalue weighted by atomic mass is 10.1. The predicted octanol–water partition coefficient (Wildman–Crippen LogP) is 2.70. The summed E-state index contributed by atoms with van der Waals surface area (Å²) in [5, 5.41) is 0. The summed E-state index contributed by atoms with van der Waals surface area (Å²) in [5.41, 5.74) is 6.78. The van der Waals surface area contributed by atoms with Gasteiger partial charge in [-0.15, -0.1) is 0 Å². The fourth-order valence-electron chi connectivity index (χ4n) is 2.37. The normalized spacial score (nSPS) is 17.4. The summed E-state index contributed by atoms with van der Waals surface area (Å²) in [6.45, 7) is 1.22. The van der Waals surface area contributed by atoms with Crippen molar-refractivity contribution in [1.82, 2.24) is 4.90 Å². The van der Waals surface area contributed by atoms with Crippen molar-refractivity contribution >= 4 is 11.6 Å². The van der Waals surface area contributed by atoms with Crippen LogP contribution < -0.4 is 5.73 Å². The van der Waals surface area contributed by atoms with E-state index < -0.39 is 0 Å². The highest BCUT2D eigenvalue weighted by molar-refractivity contribution is 5.76. The molecule has 0 aromatic heterocycles. The van der Waals surface area contributed by atoms with Gasteiger partial charge >= 0.3 is 0 Å². The van der Waals surface area contributed by atoms with E-state index in [9.17, 15) is 9.18 Å². The summed E-state index contributed by atoms with van der Waals surface area (Å²) in [6.07, 6.45) is 4.88. The molecule has 1 saturated heterocycles. The smallest absolute Gasteiger partial charge is 0.222 e. The van der Waals surface area contributed by atoms with E-state index in [-0.39, 0.29) is 11.7 Å². The maximum Gasteiger partial charge on any atom is 0.222 e. The Labute approximate surface area is 107 Å². The van der Waals surface area contributed by atoms with Crippen LogP contribution in [0.2, 0.25) is 0 Å². The second-order valence-electron chi connectivity index (χ2n) is 4.87. The molecule has 1 aromatic carbocycles. The van der Waals surface area contributed by atoms with Gasteiger partial charge in [-0.05, 0) is 36.6 Å². The lowest BCUT2D eigenvalue weighted by Crippen LogP contribution is -2.32. The summed E-state index contributed by atoms with van der Waals surface area (Å²) in [7, 11) is 0. The molecule has 1 heterocycles. The number of halogens is 1. The van der Waals surface area contributed by atoms with E-state index in [0.717, 1.165) is 37.8 Å². The van der Waals surface area contributed by atoms with Crippen LogP contribution >= 0.6 is 0 Å². The first-order valence-corrected chi connectivity index (χ1v) is 6.48. The largest absolute Gasteiger partial charge is 0.399 e. The van der Waals surface area contributed by atoms with Crippen LogP contribution in [0.4, 0.5) is 10.1 Å². The second kappa shape index (κ2) is 5.85. The molecule has 98 valence electrons.